The maximum Gasteiger partial charge on any atom is 0.0121 e. The minimum atomic E-state index is 0.441. The summed E-state index contributed by atoms with van der Waals surface area (Å²) < 4.78 is 0. The van der Waals surface area contributed by atoms with Crippen LogP contribution in [0.3, 0.4) is 0 Å². The first-order valence-corrected chi connectivity index (χ1v) is 5.20. The second-order valence-corrected chi connectivity index (χ2v) is 4.60. The van der Waals surface area contributed by atoms with E-state index in [-0.39, 0.29) is 0 Å². The molecule has 0 radical (unpaired) electrons. The zero-order valence-corrected chi connectivity index (χ0v) is 8.93. The predicted octanol–water partition coefficient (Wildman–Crippen LogP) is 2.60. The van der Waals surface area contributed by atoms with Gasteiger partial charge in [-0.25, -0.2) is 0 Å². The molecule has 0 bridgehead atoms. The van der Waals surface area contributed by atoms with Crippen LogP contribution in [0.2, 0.25) is 0 Å². The van der Waals surface area contributed by atoms with Crippen LogP contribution in [-0.2, 0) is 0 Å². The maximum absolute atomic E-state index is 2.44. The fraction of sp³-hybridized carbons (Fsp3) is 0.667. The number of allylic oxidation sites excluding steroid dienone is 4. The number of likely N-dealkylation sites (tertiary alicyclic amines) is 1. The van der Waals surface area contributed by atoms with Crippen LogP contribution in [-0.4, -0.2) is 25.0 Å². The van der Waals surface area contributed by atoms with Gasteiger partial charge in [0.1, 0.15) is 0 Å². The largest absolute Gasteiger partial charge is 0.306 e. The van der Waals surface area contributed by atoms with E-state index in [1.54, 1.807) is 5.57 Å². The molecule has 1 spiro atoms. The van der Waals surface area contributed by atoms with Crippen LogP contribution in [0.4, 0.5) is 0 Å². The highest BCUT2D eigenvalue weighted by Crippen LogP contribution is 2.44. The standard InChI is InChI=1S/C12H19N/c1-10-4-5-12(11(10)2)6-8-13(3)9-7-12/h4-5H,6-9H2,1-3H3. The van der Waals surface area contributed by atoms with Crippen LogP contribution in [0.25, 0.3) is 0 Å². The second-order valence-electron chi connectivity index (χ2n) is 4.60. The van der Waals surface area contributed by atoms with Crippen molar-refractivity contribution < 1.29 is 0 Å². The van der Waals surface area contributed by atoms with Gasteiger partial charge in [0.15, 0.2) is 0 Å². The monoisotopic (exact) mass is 177 g/mol. The van der Waals surface area contributed by atoms with Crippen molar-refractivity contribution in [3.8, 4) is 0 Å². The fourth-order valence-electron chi connectivity index (χ4n) is 2.49. The Hall–Kier alpha value is -0.560. The molecular formula is C12H19N. The molecule has 1 nitrogen and oxygen atoms in total. The van der Waals surface area contributed by atoms with E-state index in [9.17, 15) is 0 Å². The van der Waals surface area contributed by atoms with Gasteiger partial charge in [-0.2, -0.15) is 0 Å². The first-order chi connectivity index (χ1) is 6.14. The molecule has 72 valence electrons. The van der Waals surface area contributed by atoms with Crippen molar-refractivity contribution in [2.45, 2.75) is 26.7 Å². The van der Waals surface area contributed by atoms with Crippen molar-refractivity contribution in [3.05, 3.63) is 23.3 Å². The van der Waals surface area contributed by atoms with E-state index in [4.69, 9.17) is 0 Å². The van der Waals surface area contributed by atoms with Gasteiger partial charge in [-0.3, -0.25) is 0 Å². The van der Waals surface area contributed by atoms with E-state index >= 15 is 0 Å². The first-order valence-electron chi connectivity index (χ1n) is 5.20. The van der Waals surface area contributed by atoms with E-state index < -0.39 is 0 Å². The van der Waals surface area contributed by atoms with Crippen LogP contribution < -0.4 is 0 Å². The van der Waals surface area contributed by atoms with Crippen LogP contribution in [0.1, 0.15) is 26.7 Å². The Morgan fingerprint density at radius 3 is 2.31 bits per heavy atom. The number of hydrogen-bond donors (Lipinski definition) is 0. The Morgan fingerprint density at radius 2 is 1.85 bits per heavy atom. The molecule has 0 aromatic carbocycles. The molecule has 0 N–H and O–H groups in total. The molecule has 1 heteroatoms. The lowest BCUT2D eigenvalue weighted by molar-refractivity contribution is 0.194. The highest BCUT2D eigenvalue weighted by Gasteiger charge is 2.35. The lowest BCUT2D eigenvalue weighted by Crippen LogP contribution is -2.36. The van der Waals surface area contributed by atoms with Gasteiger partial charge in [-0.15, -0.1) is 0 Å². The lowest BCUT2D eigenvalue weighted by atomic mass is 9.74. The summed E-state index contributed by atoms with van der Waals surface area (Å²) in [4.78, 5) is 2.43. The molecular weight excluding hydrogens is 158 g/mol. The van der Waals surface area contributed by atoms with Crippen LogP contribution in [0.15, 0.2) is 23.3 Å². The lowest BCUT2D eigenvalue weighted by Gasteiger charge is -2.38. The van der Waals surface area contributed by atoms with E-state index in [0.717, 1.165) is 0 Å². The first kappa shape index (κ1) is 9.01. The van der Waals surface area contributed by atoms with E-state index in [2.05, 4.69) is 37.9 Å². The van der Waals surface area contributed by atoms with Gasteiger partial charge in [-0.05, 0) is 46.8 Å². The highest BCUT2D eigenvalue weighted by molar-refractivity contribution is 5.39. The molecule has 0 saturated carbocycles. The molecule has 0 amide bonds. The number of piperidine rings is 1. The van der Waals surface area contributed by atoms with Gasteiger partial charge < -0.3 is 4.90 Å². The number of hydrogen-bond acceptors (Lipinski definition) is 1. The zero-order valence-electron chi connectivity index (χ0n) is 8.93. The second kappa shape index (κ2) is 2.98. The van der Waals surface area contributed by atoms with Crippen molar-refractivity contribution in [2.75, 3.05) is 20.1 Å². The summed E-state index contributed by atoms with van der Waals surface area (Å²) in [5.41, 5.74) is 3.54. The Labute approximate surface area is 81.1 Å². The maximum atomic E-state index is 2.44. The summed E-state index contributed by atoms with van der Waals surface area (Å²) in [6, 6.07) is 0. The zero-order chi connectivity index (χ0) is 9.47. The summed E-state index contributed by atoms with van der Waals surface area (Å²) in [6.45, 7) is 7.03. The fourth-order valence-corrected chi connectivity index (χ4v) is 2.49. The average molecular weight is 177 g/mol. The SMILES string of the molecule is CC1=C(C)C2(C=C1)CCN(C)CC2. The Bertz CT molecular complexity index is 265. The van der Waals surface area contributed by atoms with Gasteiger partial charge in [-0.1, -0.05) is 23.3 Å². The normalized spacial score (nSPS) is 27.6. The van der Waals surface area contributed by atoms with Crippen molar-refractivity contribution in [1.82, 2.24) is 4.90 Å². The Balaban J connectivity index is 2.20. The molecule has 1 heterocycles. The molecule has 2 rings (SSSR count). The molecule has 0 aromatic rings. The van der Waals surface area contributed by atoms with Crippen LogP contribution in [0.5, 0.6) is 0 Å². The third-order valence-corrected chi connectivity index (χ3v) is 3.87. The van der Waals surface area contributed by atoms with Crippen molar-refractivity contribution >= 4 is 0 Å². The molecule has 0 aromatic heterocycles. The summed E-state index contributed by atoms with van der Waals surface area (Å²) >= 11 is 0. The van der Waals surface area contributed by atoms with E-state index in [1.807, 2.05) is 0 Å². The van der Waals surface area contributed by atoms with Crippen LogP contribution in [0, 0.1) is 5.41 Å². The third kappa shape index (κ3) is 1.35. The van der Waals surface area contributed by atoms with Gasteiger partial charge in [0.05, 0.1) is 0 Å². The van der Waals surface area contributed by atoms with E-state index in [0.29, 0.717) is 5.41 Å². The van der Waals surface area contributed by atoms with Gasteiger partial charge in [0.25, 0.3) is 0 Å². The smallest absolute Gasteiger partial charge is 0.0121 e. The minimum Gasteiger partial charge on any atom is -0.306 e. The molecule has 0 atom stereocenters. The molecule has 1 aliphatic carbocycles. The van der Waals surface area contributed by atoms with Gasteiger partial charge in [0.2, 0.25) is 0 Å². The molecule has 1 fully saturated rings. The van der Waals surface area contributed by atoms with Crippen LogP contribution >= 0.6 is 0 Å². The highest BCUT2D eigenvalue weighted by atomic mass is 15.1. The van der Waals surface area contributed by atoms with Crippen molar-refractivity contribution in [1.29, 1.82) is 0 Å². The van der Waals surface area contributed by atoms with Gasteiger partial charge in [0, 0.05) is 5.41 Å². The Kier molecular flexibility index (Phi) is 2.07. The summed E-state index contributed by atoms with van der Waals surface area (Å²) in [6.07, 6.45) is 7.36. The average Bonchev–Trinajstić information content (AvgIpc) is 2.40. The quantitative estimate of drug-likeness (QED) is 0.550. The number of nitrogens with zero attached hydrogens (tertiary/aromatic N) is 1. The topological polar surface area (TPSA) is 3.24 Å². The Morgan fingerprint density at radius 1 is 1.23 bits per heavy atom. The summed E-state index contributed by atoms with van der Waals surface area (Å²) in [5.74, 6) is 0. The molecule has 1 aliphatic heterocycles. The molecule has 0 unspecified atom stereocenters. The predicted molar refractivity (Wildman–Crippen MR) is 56.7 cm³/mol. The molecule has 2 aliphatic rings. The summed E-state index contributed by atoms with van der Waals surface area (Å²) in [7, 11) is 2.22. The third-order valence-electron chi connectivity index (χ3n) is 3.87. The number of rotatable bonds is 0. The van der Waals surface area contributed by atoms with Crippen molar-refractivity contribution in [2.24, 2.45) is 5.41 Å². The summed E-state index contributed by atoms with van der Waals surface area (Å²) in [5, 5.41) is 0. The van der Waals surface area contributed by atoms with E-state index in [1.165, 1.54) is 31.5 Å². The molecule has 1 saturated heterocycles. The van der Waals surface area contributed by atoms with Crippen molar-refractivity contribution in [3.63, 3.8) is 0 Å². The molecule has 13 heavy (non-hydrogen) atoms. The van der Waals surface area contributed by atoms with Gasteiger partial charge >= 0.3 is 0 Å². The minimum absolute atomic E-state index is 0.441.